The summed E-state index contributed by atoms with van der Waals surface area (Å²) in [5.41, 5.74) is -0.588. The number of carboxylic acids is 1. The third-order valence-corrected chi connectivity index (χ3v) is 2.54. The molecule has 0 fully saturated rings. The first-order valence-electron chi connectivity index (χ1n) is 5.80. The van der Waals surface area contributed by atoms with Crippen molar-refractivity contribution in [3.05, 3.63) is 29.6 Å². The second kappa shape index (κ2) is 7.49. The Hall–Kier alpha value is -2.09. The first-order chi connectivity index (χ1) is 9.47. The Bertz CT molecular complexity index is 496. The molecule has 0 saturated heterocycles. The zero-order valence-electron chi connectivity index (χ0n) is 10.7. The molecule has 1 rings (SSSR count). The molecular weight excluding hydrogens is 274 g/mol. The predicted octanol–water partition coefficient (Wildman–Crippen LogP) is 0.969. The van der Waals surface area contributed by atoms with Crippen molar-refractivity contribution in [3.63, 3.8) is 0 Å². The zero-order valence-corrected chi connectivity index (χ0v) is 10.7. The van der Waals surface area contributed by atoms with Crippen LogP contribution in [-0.4, -0.2) is 41.7 Å². The van der Waals surface area contributed by atoms with Gasteiger partial charge in [-0.05, 0) is 18.9 Å². The molecule has 1 aromatic heterocycles. The number of amides is 1. The van der Waals surface area contributed by atoms with E-state index in [1.54, 1.807) is 0 Å². The fourth-order valence-electron chi connectivity index (χ4n) is 1.52. The highest BCUT2D eigenvalue weighted by molar-refractivity contribution is 5.96. The molecule has 2 N–H and O–H groups in total. The highest BCUT2D eigenvalue weighted by Gasteiger charge is 2.23. The van der Waals surface area contributed by atoms with E-state index in [9.17, 15) is 18.4 Å². The lowest BCUT2D eigenvalue weighted by Crippen LogP contribution is -2.41. The van der Waals surface area contributed by atoms with Gasteiger partial charge in [0.05, 0.1) is 5.56 Å². The van der Waals surface area contributed by atoms with Gasteiger partial charge in [-0.1, -0.05) is 0 Å². The van der Waals surface area contributed by atoms with Crippen molar-refractivity contribution >= 4 is 11.9 Å². The van der Waals surface area contributed by atoms with Crippen molar-refractivity contribution in [1.29, 1.82) is 0 Å². The van der Waals surface area contributed by atoms with Gasteiger partial charge >= 0.3 is 5.97 Å². The standard InChI is InChI=1S/C12H14F2N2O4/c1-20-6-2-3-8(12(18)19)16-11(17)7-4-5-15-10(14)9(7)13/h4-5,8H,2-3,6H2,1H3,(H,16,17)(H,18,19). The second-order valence-corrected chi connectivity index (χ2v) is 3.96. The molecule has 0 bridgehead atoms. The monoisotopic (exact) mass is 288 g/mol. The van der Waals surface area contributed by atoms with Crippen LogP contribution in [0.5, 0.6) is 0 Å². The Morgan fingerprint density at radius 2 is 2.20 bits per heavy atom. The largest absolute Gasteiger partial charge is 0.480 e. The molecule has 1 heterocycles. The van der Waals surface area contributed by atoms with E-state index in [2.05, 4.69) is 10.3 Å². The molecule has 1 aromatic rings. The van der Waals surface area contributed by atoms with Crippen molar-refractivity contribution in [3.8, 4) is 0 Å². The summed E-state index contributed by atoms with van der Waals surface area (Å²) in [6.45, 7) is 0.331. The molecular formula is C12H14F2N2O4. The Morgan fingerprint density at radius 1 is 1.50 bits per heavy atom. The van der Waals surface area contributed by atoms with Gasteiger partial charge in [-0.15, -0.1) is 0 Å². The van der Waals surface area contributed by atoms with E-state index >= 15 is 0 Å². The highest BCUT2D eigenvalue weighted by atomic mass is 19.2. The Labute approximate surface area is 113 Å². The Kier molecular flexibility index (Phi) is 5.98. The molecule has 1 atom stereocenters. The molecule has 0 spiro atoms. The number of methoxy groups -OCH3 is 1. The van der Waals surface area contributed by atoms with Crippen LogP contribution in [-0.2, 0) is 9.53 Å². The minimum absolute atomic E-state index is 0.115. The fourth-order valence-corrected chi connectivity index (χ4v) is 1.52. The molecule has 0 aromatic carbocycles. The molecule has 20 heavy (non-hydrogen) atoms. The maximum absolute atomic E-state index is 13.3. The van der Waals surface area contributed by atoms with Crippen LogP contribution in [0.1, 0.15) is 23.2 Å². The van der Waals surface area contributed by atoms with Gasteiger partial charge in [-0.2, -0.15) is 4.39 Å². The summed E-state index contributed by atoms with van der Waals surface area (Å²) in [5, 5.41) is 11.1. The number of hydrogen-bond donors (Lipinski definition) is 2. The van der Waals surface area contributed by atoms with Crippen LogP contribution in [0.2, 0.25) is 0 Å². The quantitative estimate of drug-likeness (QED) is 0.576. The molecule has 6 nitrogen and oxygen atoms in total. The number of carbonyl (C=O) groups is 2. The molecule has 0 saturated carbocycles. The third-order valence-electron chi connectivity index (χ3n) is 2.54. The average Bonchev–Trinajstić information content (AvgIpc) is 2.40. The number of halogens is 2. The van der Waals surface area contributed by atoms with E-state index in [1.165, 1.54) is 7.11 Å². The molecule has 8 heteroatoms. The number of pyridine rings is 1. The lowest BCUT2D eigenvalue weighted by atomic mass is 10.1. The Morgan fingerprint density at radius 3 is 2.80 bits per heavy atom. The summed E-state index contributed by atoms with van der Waals surface area (Å²) >= 11 is 0. The maximum Gasteiger partial charge on any atom is 0.326 e. The normalized spacial score (nSPS) is 11.9. The summed E-state index contributed by atoms with van der Waals surface area (Å²) in [7, 11) is 1.46. The van der Waals surface area contributed by atoms with E-state index in [0.29, 0.717) is 13.0 Å². The second-order valence-electron chi connectivity index (χ2n) is 3.96. The van der Waals surface area contributed by atoms with Crippen molar-refractivity contribution < 1.29 is 28.2 Å². The SMILES string of the molecule is COCCCC(NC(=O)c1ccnc(F)c1F)C(=O)O. The molecule has 0 aliphatic heterocycles. The number of aliphatic carboxylic acids is 1. The van der Waals surface area contributed by atoms with E-state index in [0.717, 1.165) is 12.3 Å². The number of nitrogens with one attached hydrogen (secondary N) is 1. The molecule has 1 unspecified atom stereocenters. The van der Waals surface area contributed by atoms with Crippen molar-refractivity contribution in [2.75, 3.05) is 13.7 Å². The summed E-state index contributed by atoms with van der Waals surface area (Å²) in [6.07, 6.45) is 1.44. The van der Waals surface area contributed by atoms with Crippen LogP contribution in [0.3, 0.4) is 0 Å². The number of nitrogens with zero attached hydrogens (tertiary/aromatic N) is 1. The van der Waals surface area contributed by atoms with Crippen molar-refractivity contribution in [1.82, 2.24) is 10.3 Å². The number of carbonyl (C=O) groups excluding carboxylic acids is 1. The smallest absolute Gasteiger partial charge is 0.326 e. The fraction of sp³-hybridized carbons (Fsp3) is 0.417. The van der Waals surface area contributed by atoms with E-state index in [-0.39, 0.29) is 6.42 Å². The van der Waals surface area contributed by atoms with E-state index in [1.807, 2.05) is 0 Å². The number of aromatic nitrogens is 1. The van der Waals surface area contributed by atoms with Gasteiger partial charge in [-0.3, -0.25) is 4.79 Å². The van der Waals surface area contributed by atoms with Crippen LogP contribution in [0.25, 0.3) is 0 Å². The van der Waals surface area contributed by atoms with Gasteiger partial charge < -0.3 is 15.2 Å². The first kappa shape index (κ1) is 16.0. The highest BCUT2D eigenvalue weighted by Crippen LogP contribution is 2.09. The van der Waals surface area contributed by atoms with Gasteiger partial charge in [0.15, 0.2) is 5.82 Å². The van der Waals surface area contributed by atoms with E-state index < -0.39 is 35.2 Å². The summed E-state index contributed by atoms with van der Waals surface area (Å²) < 4.78 is 31.0. The van der Waals surface area contributed by atoms with Crippen LogP contribution in [0.15, 0.2) is 12.3 Å². The van der Waals surface area contributed by atoms with Crippen LogP contribution < -0.4 is 5.32 Å². The van der Waals surface area contributed by atoms with Gasteiger partial charge in [0.25, 0.3) is 5.91 Å². The molecule has 0 radical (unpaired) electrons. The number of ether oxygens (including phenoxy) is 1. The van der Waals surface area contributed by atoms with Crippen molar-refractivity contribution in [2.24, 2.45) is 0 Å². The number of carboxylic acid groups (broad SMARTS) is 1. The molecule has 110 valence electrons. The van der Waals surface area contributed by atoms with E-state index in [4.69, 9.17) is 9.84 Å². The first-order valence-corrected chi connectivity index (χ1v) is 5.80. The average molecular weight is 288 g/mol. The third kappa shape index (κ3) is 4.23. The van der Waals surface area contributed by atoms with Crippen LogP contribution >= 0.6 is 0 Å². The predicted molar refractivity (Wildman–Crippen MR) is 64.2 cm³/mol. The molecule has 1 amide bonds. The lowest BCUT2D eigenvalue weighted by Gasteiger charge is -2.14. The van der Waals surface area contributed by atoms with Gasteiger partial charge in [-0.25, -0.2) is 14.2 Å². The number of hydrogen-bond acceptors (Lipinski definition) is 4. The summed E-state index contributed by atoms with van der Waals surface area (Å²) in [4.78, 5) is 25.7. The van der Waals surface area contributed by atoms with Gasteiger partial charge in [0.1, 0.15) is 6.04 Å². The zero-order chi connectivity index (χ0) is 15.1. The molecule has 0 aliphatic carbocycles. The van der Waals surface area contributed by atoms with Crippen LogP contribution in [0, 0.1) is 11.8 Å². The minimum Gasteiger partial charge on any atom is -0.480 e. The maximum atomic E-state index is 13.3. The molecule has 0 aliphatic rings. The van der Waals surface area contributed by atoms with Crippen molar-refractivity contribution in [2.45, 2.75) is 18.9 Å². The van der Waals surface area contributed by atoms with Crippen LogP contribution in [0.4, 0.5) is 8.78 Å². The summed E-state index contributed by atoms with van der Waals surface area (Å²) in [6, 6.07) is -0.227. The Balaban J connectivity index is 2.75. The lowest BCUT2D eigenvalue weighted by molar-refractivity contribution is -0.139. The summed E-state index contributed by atoms with van der Waals surface area (Å²) in [5.74, 6) is -5.09. The number of rotatable bonds is 7. The van der Waals surface area contributed by atoms with Gasteiger partial charge in [0.2, 0.25) is 5.95 Å². The topological polar surface area (TPSA) is 88.5 Å². The minimum atomic E-state index is -1.41. The van der Waals surface area contributed by atoms with Gasteiger partial charge in [0, 0.05) is 19.9 Å².